The Morgan fingerprint density at radius 1 is 0.795 bits per heavy atom. The lowest BCUT2D eigenvalue weighted by Gasteiger charge is -2.31. The quantitative estimate of drug-likeness (QED) is 0.236. The van der Waals surface area contributed by atoms with Gasteiger partial charge in [-0.1, -0.05) is 78.9 Å². The van der Waals surface area contributed by atoms with E-state index in [2.05, 4.69) is 10.3 Å². The van der Waals surface area contributed by atoms with Gasteiger partial charge in [-0.25, -0.2) is 8.42 Å². The highest BCUT2D eigenvalue weighted by Crippen LogP contribution is 2.22. The molecule has 1 aliphatic heterocycles. The van der Waals surface area contributed by atoms with Crippen molar-refractivity contribution in [3.05, 3.63) is 132 Å². The molecule has 1 atom stereocenters. The molecule has 4 aromatic rings. The molecular formula is C35H38N4O4S. The van der Waals surface area contributed by atoms with Crippen molar-refractivity contribution in [2.75, 3.05) is 13.1 Å². The fraction of sp³-hybridized carbons (Fsp3) is 0.286. The maximum atomic E-state index is 14.0. The Labute approximate surface area is 259 Å². The van der Waals surface area contributed by atoms with Crippen LogP contribution in [0.1, 0.15) is 41.6 Å². The summed E-state index contributed by atoms with van der Waals surface area (Å²) in [4.78, 5) is 34.0. The smallest absolute Gasteiger partial charge is 0.243 e. The minimum atomic E-state index is -3.50. The fourth-order valence-corrected chi connectivity index (χ4v) is 6.95. The molecule has 0 spiro atoms. The number of aryl methyl sites for hydroxylation is 1. The van der Waals surface area contributed by atoms with Gasteiger partial charge in [-0.3, -0.25) is 14.6 Å². The van der Waals surface area contributed by atoms with Gasteiger partial charge >= 0.3 is 0 Å². The fourth-order valence-electron chi connectivity index (χ4n) is 5.43. The summed E-state index contributed by atoms with van der Waals surface area (Å²) in [7, 11) is -3.50. The maximum Gasteiger partial charge on any atom is 0.243 e. The van der Waals surface area contributed by atoms with Gasteiger partial charge < -0.3 is 10.2 Å². The second kappa shape index (κ2) is 14.9. The van der Waals surface area contributed by atoms with Gasteiger partial charge in [0.2, 0.25) is 21.8 Å². The molecule has 1 fully saturated rings. The highest BCUT2D eigenvalue weighted by atomic mass is 32.2. The third-order valence-corrected chi connectivity index (χ3v) is 9.80. The summed E-state index contributed by atoms with van der Waals surface area (Å²) in [6.07, 6.45) is 4.39. The Bertz CT molecular complexity index is 1610. The number of hydrogen-bond donors (Lipinski definition) is 1. The number of carbonyl (C=O) groups excluding carboxylic acids is 2. The molecule has 0 radical (unpaired) electrons. The van der Waals surface area contributed by atoms with E-state index >= 15 is 0 Å². The van der Waals surface area contributed by atoms with Crippen molar-refractivity contribution < 1.29 is 18.0 Å². The summed E-state index contributed by atoms with van der Waals surface area (Å²) in [5.74, 6) is -0.406. The molecule has 0 saturated carbocycles. The molecule has 1 aliphatic rings. The molecule has 3 aromatic carbocycles. The van der Waals surface area contributed by atoms with E-state index in [4.69, 9.17) is 0 Å². The topological polar surface area (TPSA) is 99.7 Å². The average Bonchev–Trinajstić information content (AvgIpc) is 3.62. The summed E-state index contributed by atoms with van der Waals surface area (Å²) in [6, 6.07) is 31.0. The van der Waals surface area contributed by atoms with E-state index in [9.17, 15) is 18.0 Å². The highest BCUT2D eigenvalue weighted by molar-refractivity contribution is 7.89. The van der Waals surface area contributed by atoms with Crippen molar-refractivity contribution in [2.45, 2.75) is 56.1 Å². The first kappa shape index (κ1) is 31.1. The Kier molecular flexibility index (Phi) is 10.5. The summed E-state index contributed by atoms with van der Waals surface area (Å²) in [6.45, 7) is 1.64. The van der Waals surface area contributed by atoms with Crippen LogP contribution in [0.4, 0.5) is 0 Å². The van der Waals surface area contributed by atoms with Gasteiger partial charge in [-0.2, -0.15) is 4.31 Å². The molecule has 1 N–H and O–H groups in total. The summed E-state index contributed by atoms with van der Waals surface area (Å²) < 4.78 is 27.4. The predicted octanol–water partition coefficient (Wildman–Crippen LogP) is 4.76. The van der Waals surface area contributed by atoms with Crippen molar-refractivity contribution >= 4 is 21.8 Å². The van der Waals surface area contributed by atoms with Crippen LogP contribution >= 0.6 is 0 Å². The van der Waals surface area contributed by atoms with E-state index < -0.39 is 16.1 Å². The minimum absolute atomic E-state index is 0.156. The number of sulfonamides is 1. The maximum absolute atomic E-state index is 14.0. The number of hydrogen-bond acceptors (Lipinski definition) is 5. The van der Waals surface area contributed by atoms with E-state index in [1.165, 1.54) is 4.31 Å². The van der Waals surface area contributed by atoms with E-state index in [1.807, 2.05) is 78.9 Å². The normalized spacial score (nSPS) is 14.2. The van der Waals surface area contributed by atoms with Crippen molar-refractivity contribution in [1.29, 1.82) is 0 Å². The van der Waals surface area contributed by atoms with Gasteiger partial charge in [0, 0.05) is 38.7 Å². The second-order valence-corrected chi connectivity index (χ2v) is 12.9. The zero-order chi connectivity index (χ0) is 30.8. The lowest BCUT2D eigenvalue weighted by molar-refractivity contribution is -0.141. The molecule has 2 amide bonds. The number of aromatic nitrogens is 1. The SMILES string of the molecule is O=C(NCc1ccccn1)[C@@H](Cc1ccccc1)N(Cc1ccccc1)C(=O)CCc1ccc(S(=O)(=O)N2CCCC2)cc1. The third-order valence-electron chi connectivity index (χ3n) is 7.89. The van der Waals surface area contributed by atoms with Crippen LogP contribution in [0.25, 0.3) is 0 Å². The zero-order valence-electron chi connectivity index (χ0n) is 24.7. The number of nitrogens with one attached hydrogen (secondary N) is 1. The third kappa shape index (κ3) is 8.18. The Morgan fingerprint density at radius 3 is 2.07 bits per heavy atom. The Balaban J connectivity index is 1.35. The standard InChI is InChI=1S/C35H38N4O4S/c40-34(21-18-28-16-19-32(20-17-28)44(42,43)38-23-9-10-24-38)39(27-30-13-5-2-6-14-30)33(25-29-11-3-1-4-12-29)35(41)37-26-31-15-7-8-22-36-31/h1-8,11-17,19-20,22,33H,9-10,18,21,23-27H2,(H,37,41)/t33-/m1/s1. The number of benzene rings is 3. The predicted molar refractivity (Wildman–Crippen MR) is 170 cm³/mol. The first-order valence-corrected chi connectivity index (χ1v) is 16.5. The van der Waals surface area contributed by atoms with Crippen molar-refractivity contribution in [3.63, 3.8) is 0 Å². The molecular weight excluding hydrogens is 572 g/mol. The van der Waals surface area contributed by atoms with E-state index in [0.717, 1.165) is 35.2 Å². The van der Waals surface area contributed by atoms with E-state index in [-0.39, 0.29) is 36.2 Å². The number of pyridine rings is 1. The van der Waals surface area contributed by atoms with Crippen LogP contribution in [-0.4, -0.2) is 53.6 Å². The van der Waals surface area contributed by atoms with Gasteiger partial charge in [0.25, 0.3) is 0 Å². The summed E-state index contributed by atoms with van der Waals surface area (Å²) in [5.41, 5.74) is 3.46. The molecule has 44 heavy (non-hydrogen) atoms. The van der Waals surface area contributed by atoms with Crippen LogP contribution < -0.4 is 5.32 Å². The Morgan fingerprint density at radius 2 is 1.43 bits per heavy atom. The molecule has 0 bridgehead atoms. The summed E-state index contributed by atoms with van der Waals surface area (Å²) in [5, 5.41) is 3.00. The van der Waals surface area contributed by atoms with Gasteiger partial charge in [-0.05, 0) is 60.2 Å². The molecule has 1 saturated heterocycles. The van der Waals surface area contributed by atoms with Gasteiger partial charge in [-0.15, -0.1) is 0 Å². The van der Waals surface area contributed by atoms with E-state index in [0.29, 0.717) is 25.9 Å². The Hall–Kier alpha value is -4.34. The largest absolute Gasteiger partial charge is 0.349 e. The van der Waals surface area contributed by atoms with Crippen molar-refractivity contribution in [3.8, 4) is 0 Å². The van der Waals surface area contributed by atoms with Crippen LogP contribution in [0.15, 0.2) is 114 Å². The molecule has 2 heterocycles. The number of carbonyl (C=O) groups is 2. The van der Waals surface area contributed by atoms with E-state index in [1.54, 1.807) is 35.4 Å². The average molecular weight is 611 g/mol. The molecule has 0 unspecified atom stereocenters. The minimum Gasteiger partial charge on any atom is -0.349 e. The van der Waals surface area contributed by atoms with Gasteiger partial charge in [0.15, 0.2) is 0 Å². The van der Waals surface area contributed by atoms with Crippen LogP contribution in [0.5, 0.6) is 0 Å². The highest BCUT2D eigenvalue weighted by Gasteiger charge is 2.31. The number of amides is 2. The monoisotopic (exact) mass is 610 g/mol. The molecule has 1 aromatic heterocycles. The molecule has 0 aliphatic carbocycles. The number of nitrogens with zero attached hydrogens (tertiary/aromatic N) is 3. The lowest BCUT2D eigenvalue weighted by Crippen LogP contribution is -2.50. The molecule has 8 nitrogen and oxygen atoms in total. The zero-order valence-corrected chi connectivity index (χ0v) is 25.5. The van der Waals surface area contributed by atoms with Crippen molar-refractivity contribution in [1.82, 2.24) is 19.5 Å². The van der Waals surface area contributed by atoms with Gasteiger partial charge in [0.05, 0.1) is 17.1 Å². The molecule has 9 heteroatoms. The first-order chi connectivity index (χ1) is 21.4. The van der Waals surface area contributed by atoms with Crippen LogP contribution in [0.2, 0.25) is 0 Å². The molecule has 228 valence electrons. The van der Waals surface area contributed by atoms with Gasteiger partial charge in [0.1, 0.15) is 6.04 Å². The first-order valence-electron chi connectivity index (χ1n) is 15.0. The van der Waals surface area contributed by atoms with Crippen molar-refractivity contribution in [2.24, 2.45) is 0 Å². The van der Waals surface area contributed by atoms with Crippen LogP contribution in [0, 0.1) is 0 Å². The number of rotatable bonds is 13. The lowest BCUT2D eigenvalue weighted by atomic mass is 10.0. The summed E-state index contributed by atoms with van der Waals surface area (Å²) >= 11 is 0. The van der Waals surface area contributed by atoms with Crippen LogP contribution in [0.3, 0.4) is 0 Å². The molecule has 5 rings (SSSR count). The van der Waals surface area contributed by atoms with Crippen LogP contribution in [-0.2, 0) is 45.5 Å². The second-order valence-electron chi connectivity index (χ2n) is 11.0.